The molecule has 20 heavy (non-hydrogen) atoms. The minimum atomic E-state index is -0.509. The van der Waals surface area contributed by atoms with Gasteiger partial charge < -0.3 is 4.74 Å². The van der Waals surface area contributed by atoms with Crippen molar-refractivity contribution in [2.45, 2.75) is 13.3 Å². The van der Waals surface area contributed by atoms with E-state index < -0.39 is 5.82 Å². The van der Waals surface area contributed by atoms with Crippen LogP contribution < -0.4 is 4.74 Å². The molecule has 2 rings (SSSR count). The van der Waals surface area contributed by atoms with E-state index in [2.05, 4.69) is 15.9 Å². The zero-order valence-corrected chi connectivity index (χ0v) is 12.8. The molecule has 0 saturated carbocycles. The van der Waals surface area contributed by atoms with Gasteiger partial charge in [0.05, 0.1) is 12.7 Å². The van der Waals surface area contributed by atoms with E-state index >= 15 is 0 Å². The van der Waals surface area contributed by atoms with Crippen LogP contribution in [0, 0.1) is 12.7 Å². The Morgan fingerprint density at radius 1 is 1.25 bits per heavy atom. The predicted molar refractivity (Wildman–Crippen MR) is 79.9 cm³/mol. The molecule has 0 bridgehead atoms. The molecule has 2 aromatic rings. The van der Waals surface area contributed by atoms with Crippen LogP contribution in [0.1, 0.15) is 21.5 Å². The highest BCUT2D eigenvalue weighted by Crippen LogP contribution is 2.23. The zero-order valence-electron chi connectivity index (χ0n) is 11.2. The number of hydrogen-bond acceptors (Lipinski definition) is 2. The molecule has 0 atom stereocenters. The number of carbonyl (C=O) groups is 1. The van der Waals surface area contributed by atoms with Crippen molar-refractivity contribution in [3.8, 4) is 5.75 Å². The SMILES string of the molecule is COc1ccc(C)cc1CC(=O)c1cc(Br)ccc1F. The third-order valence-corrected chi connectivity index (χ3v) is 3.51. The monoisotopic (exact) mass is 336 g/mol. The van der Waals surface area contributed by atoms with Gasteiger partial charge >= 0.3 is 0 Å². The van der Waals surface area contributed by atoms with E-state index in [4.69, 9.17) is 4.74 Å². The summed E-state index contributed by atoms with van der Waals surface area (Å²) in [5, 5.41) is 0. The average Bonchev–Trinajstić information content (AvgIpc) is 2.41. The van der Waals surface area contributed by atoms with Gasteiger partial charge in [0, 0.05) is 16.5 Å². The Labute approximate surface area is 125 Å². The number of hydrogen-bond donors (Lipinski definition) is 0. The van der Waals surface area contributed by atoms with Crippen molar-refractivity contribution in [1.82, 2.24) is 0 Å². The molecule has 0 aromatic heterocycles. The molecule has 0 aliphatic rings. The van der Waals surface area contributed by atoms with Crippen molar-refractivity contribution in [2.75, 3.05) is 7.11 Å². The summed E-state index contributed by atoms with van der Waals surface area (Å²) in [6.07, 6.45) is 0.109. The molecule has 0 radical (unpaired) electrons. The Hall–Kier alpha value is -1.68. The van der Waals surface area contributed by atoms with Crippen LogP contribution >= 0.6 is 15.9 Å². The number of Topliss-reactive ketones (excluding diaryl/α,β-unsaturated/α-hetero) is 1. The van der Waals surface area contributed by atoms with E-state index in [1.165, 1.54) is 12.1 Å². The second kappa shape index (κ2) is 6.18. The van der Waals surface area contributed by atoms with Crippen molar-refractivity contribution in [1.29, 1.82) is 0 Å². The second-order valence-corrected chi connectivity index (χ2v) is 5.46. The number of methoxy groups -OCH3 is 1. The summed E-state index contributed by atoms with van der Waals surface area (Å²) < 4.78 is 19.6. The first-order valence-corrected chi connectivity index (χ1v) is 6.92. The van der Waals surface area contributed by atoms with Crippen molar-refractivity contribution in [3.63, 3.8) is 0 Å². The predicted octanol–water partition coefficient (Wildman–Crippen LogP) is 4.33. The van der Waals surface area contributed by atoms with E-state index in [0.717, 1.165) is 11.1 Å². The van der Waals surface area contributed by atoms with E-state index in [1.807, 2.05) is 25.1 Å². The molecule has 0 unspecified atom stereocenters. The fourth-order valence-electron chi connectivity index (χ4n) is 2.02. The van der Waals surface area contributed by atoms with Crippen LogP contribution in [0.3, 0.4) is 0 Å². The number of aryl methyl sites for hydroxylation is 1. The molecule has 0 aliphatic heterocycles. The molecular formula is C16H14BrFO2. The van der Waals surface area contributed by atoms with Crippen LogP contribution in [0.2, 0.25) is 0 Å². The molecule has 0 fully saturated rings. The quantitative estimate of drug-likeness (QED) is 0.776. The van der Waals surface area contributed by atoms with Gasteiger partial charge in [-0.15, -0.1) is 0 Å². The Kier molecular flexibility index (Phi) is 4.55. The van der Waals surface area contributed by atoms with Gasteiger partial charge in [-0.1, -0.05) is 33.6 Å². The first-order chi connectivity index (χ1) is 9.51. The summed E-state index contributed by atoms with van der Waals surface area (Å²) in [5.41, 5.74) is 1.88. The molecule has 0 amide bonds. The Morgan fingerprint density at radius 2 is 2.00 bits per heavy atom. The lowest BCUT2D eigenvalue weighted by Crippen LogP contribution is -2.07. The molecule has 0 heterocycles. The van der Waals surface area contributed by atoms with Crippen LogP contribution in [-0.4, -0.2) is 12.9 Å². The number of benzene rings is 2. The highest BCUT2D eigenvalue weighted by Gasteiger charge is 2.15. The third-order valence-electron chi connectivity index (χ3n) is 3.02. The minimum absolute atomic E-state index is 0.0861. The lowest BCUT2D eigenvalue weighted by Gasteiger charge is -2.09. The molecule has 0 spiro atoms. The Balaban J connectivity index is 2.32. The third kappa shape index (κ3) is 3.25. The average molecular weight is 337 g/mol. The van der Waals surface area contributed by atoms with Gasteiger partial charge in [0.25, 0.3) is 0 Å². The van der Waals surface area contributed by atoms with Gasteiger partial charge in [-0.05, 0) is 31.2 Å². The highest BCUT2D eigenvalue weighted by molar-refractivity contribution is 9.10. The number of rotatable bonds is 4. The molecule has 2 nitrogen and oxygen atoms in total. The maximum Gasteiger partial charge on any atom is 0.170 e. The van der Waals surface area contributed by atoms with Gasteiger partial charge in [0.15, 0.2) is 5.78 Å². The van der Waals surface area contributed by atoms with E-state index in [1.54, 1.807) is 13.2 Å². The number of ketones is 1. The topological polar surface area (TPSA) is 26.3 Å². The van der Waals surface area contributed by atoms with E-state index in [-0.39, 0.29) is 17.8 Å². The normalized spacial score (nSPS) is 10.4. The zero-order chi connectivity index (χ0) is 14.7. The van der Waals surface area contributed by atoms with Crippen molar-refractivity contribution in [3.05, 3.63) is 63.4 Å². The lowest BCUT2D eigenvalue weighted by atomic mass is 10.0. The van der Waals surface area contributed by atoms with Gasteiger partial charge in [-0.2, -0.15) is 0 Å². The fourth-order valence-corrected chi connectivity index (χ4v) is 2.39. The van der Waals surface area contributed by atoms with Gasteiger partial charge in [-0.25, -0.2) is 4.39 Å². The highest BCUT2D eigenvalue weighted by atomic mass is 79.9. The summed E-state index contributed by atoms with van der Waals surface area (Å²) in [6.45, 7) is 1.94. The summed E-state index contributed by atoms with van der Waals surface area (Å²) in [4.78, 5) is 12.3. The molecule has 0 N–H and O–H groups in total. The van der Waals surface area contributed by atoms with Gasteiger partial charge in [0.2, 0.25) is 0 Å². The van der Waals surface area contributed by atoms with Gasteiger partial charge in [0.1, 0.15) is 11.6 Å². The summed E-state index contributed by atoms with van der Waals surface area (Å²) in [6, 6.07) is 9.96. The largest absolute Gasteiger partial charge is 0.496 e. The minimum Gasteiger partial charge on any atom is -0.496 e. The van der Waals surface area contributed by atoms with Crippen molar-refractivity contribution < 1.29 is 13.9 Å². The van der Waals surface area contributed by atoms with Crippen LogP contribution in [0.4, 0.5) is 4.39 Å². The molecule has 4 heteroatoms. The second-order valence-electron chi connectivity index (χ2n) is 4.54. The number of halogens is 2. The maximum absolute atomic E-state index is 13.7. The Morgan fingerprint density at radius 3 is 2.70 bits per heavy atom. The number of carbonyl (C=O) groups excluding carboxylic acids is 1. The lowest BCUT2D eigenvalue weighted by molar-refractivity contribution is 0.0988. The van der Waals surface area contributed by atoms with Crippen molar-refractivity contribution >= 4 is 21.7 Å². The summed E-state index contributed by atoms with van der Waals surface area (Å²) in [5.74, 6) is -0.142. The van der Waals surface area contributed by atoms with Crippen LogP contribution in [0.25, 0.3) is 0 Å². The number of ether oxygens (including phenoxy) is 1. The smallest absolute Gasteiger partial charge is 0.170 e. The fraction of sp³-hybridized carbons (Fsp3) is 0.188. The standard InChI is InChI=1S/C16H14BrFO2/c1-10-3-6-16(20-2)11(7-10)8-15(19)13-9-12(17)4-5-14(13)18/h3-7,9H,8H2,1-2H3. The van der Waals surface area contributed by atoms with Gasteiger partial charge in [-0.3, -0.25) is 4.79 Å². The Bertz CT molecular complexity index is 653. The summed E-state index contributed by atoms with van der Waals surface area (Å²) in [7, 11) is 1.55. The molecule has 0 saturated heterocycles. The van der Waals surface area contributed by atoms with E-state index in [0.29, 0.717) is 10.2 Å². The summed E-state index contributed by atoms with van der Waals surface area (Å²) >= 11 is 3.25. The molecule has 0 aliphatic carbocycles. The van der Waals surface area contributed by atoms with E-state index in [9.17, 15) is 9.18 Å². The first kappa shape index (κ1) is 14.7. The first-order valence-electron chi connectivity index (χ1n) is 6.13. The van der Waals surface area contributed by atoms with Crippen molar-refractivity contribution in [2.24, 2.45) is 0 Å². The molecular weight excluding hydrogens is 323 g/mol. The maximum atomic E-state index is 13.7. The van der Waals surface area contributed by atoms with Crippen LogP contribution in [0.15, 0.2) is 40.9 Å². The molecule has 104 valence electrons. The van der Waals surface area contributed by atoms with Crippen LogP contribution in [0.5, 0.6) is 5.75 Å². The van der Waals surface area contributed by atoms with Crippen LogP contribution in [-0.2, 0) is 6.42 Å². The molecule has 2 aromatic carbocycles.